The fourth-order valence-corrected chi connectivity index (χ4v) is 1.54. The van der Waals surface area contributed by atoms with E-state index < -0.39 is 0 Å². The first-order valence-electron chi connectivity index (χ1n) is 5.60. The summed E-state index contributed by atoms with van der Waals surface area (Å²) in [6.45, 7) is 6.16. The Morgan fingerprint density at radius 1 is 1.38 bits per heavy atom. The molecule has 1 aromatic rings. The minimum absolute atomic E-state index is 0.150. The summed E-state index contributed by atoms with van der Waals surface area (Å²) in [6, 6.07) is 6.78. The molecule has 1 rings (SSSR count). The van der Waals surface area contributed by atoms with Gasteiger partial charge in [-0.1, -0.05) is 26.0 Å². The SMILES string of the molecule is CCCNC[C@@H](C)c1ccc([N+](=O)[O-])cc1. The highest BCUT2D eigenvalue weighted by Gasteiger charge is 2.08. The Hall–Kier alpha value is -1.42. The van der Waals surface area contributed by atoms with Gasteiger partial charge < -0.3 is 5.32 Å². The van der Waals surface area contributed by atoms with Crippen molar-refractivity contribution in [3.05, 3.63) is 39.9 Å². The summed E-state index contributed by atoms with van der Waals surface area (Å²) in [7, 11) is 0. The van der Waals surface area contributed by atoms with Gasteiger partial charge >= 0.3 is 0 Å². The van der Waals surface area contributed by atoms with Crippen LogP contribution in [-0.4, -0.2) is 18.0 Å². The molecule has 0 amide bonds. The number of hydrogen-bond donors (Lipinski definition) is 1. The van der Waals surface area contributed by atoms with E-state index in [1.54, 1.807) is 12.1 Å². The minimum atomic E-state index is -0.371. The van der Waals surface area contributed by atoms with Crippen LogP contribution in [0.1, 0.15) is 31.7 Å². The van der Waals surface area contributed by atoms with Crippen molar-refractivity contribution in [2.75, 3.05) is 13.1 Å². The van der Waals surface area contributed by atoms with Gasteiger partial charge in [0.1, 0.15) is 0 Å². The summed E-state index contributed by atoms with van der Waals surface area (Å²) < 4.78 is 0. The van der Waals surface area contributed by atoms with E-state index in [1.807, 2.05) is 12.1 Å². The number of nitro benzene ring substituents is 1. The zero-order valence-electron chi connectivity index (χ0n) is 9.77. The van der Waals surface area contributed by atoms with Crippen LogP contribution < -0.4 is 5.32 Å². The van der Waals surface area contributed by atoms with Crippen molar-refractivity contribution in [2.45, 2.75) is 26.2 Å². The molecule has 4 heteroatoms. The largest absolute Gasteiger partial charge is 0.316 e. The van der Waals surface area contributed by atoms with Crippen molar-refractivity contribution in [1.82, 2.24) is 5.32 Å². The number of rotatable bonds is 6. The van der Waals surface area contributed by atoms with Gasteiger partial charge in [0.05, 0.1) is 4.92 Å². The van der Waals surface area contributed by atoms with Gasteiger partial charge in [0.2, 0.25) is 0 Å². The predicted octanol–water partition coefficient (Wildman–Crippen LogP) is 2.70. The van der Waals surface area contributed by atoms with E-state index in [4.69, 9.17) is 0 Å². The summed E-state index contributed by atoms with van der Waals surface area (Å²) in [5.74, 6) is 0.382. The second-order valence-electron chi connectivity index (χ2n) is 3.95. The normalized spacial score (nSPS) is 12.4. The van der Waals surface area contributed by atoms with E-state index in [-0.39, 0.29) is 10.6 Å². The number of non-ortho nitro benzene ring substituents is 1. The first-order chi connectivity index (χ1) is 7.65. The Labute approximate surface area is 95.8 Å². The van der Waals surface area contributed by atoms with E-state index in [1.165, 1.54) is 0 Å². The summed E-state index contributed by atoms with van der Waals surface area (Å²) in [4.78, 5) is 10.1. The van der Waals surface area contributed by atoms with Crippen molar-refractivity contribution in [3.8, 4) is 0 Å². The second-order valence-corrected chi connectivity index (χ2v) is 3.95. The van der Waals surface area contributed by atoms with Gasteiger partial charge in [-0.15, -0.1) is 0 Å². The van der Waals surface area contributed by atoms with Crippen molar-refractivity contribution < 1.29 is 4.92 Å². The number of nitrogens with one attached hydrogen (secondary N) is 1. The Balaban J connectivity index is 2.56. The quantitative estimate of drug-likeness (QED) is 0.457. The maximum atomic E-state index is 10.5. The Morgan fingerprint density at radius 2 is 2.00 bits per heavy atom. The highest BCUT2D eigenvalue weighted by molar-refractivity contribution is 5.34. The monoisotopic (exact) mass is 222 g/mol. The van der Waals surface area contributed by atoms with Gasteiger partial charge in [-0.05, 0) is 24.4 Å². The van der Waals surface area contributed by atoms with Crippen LogP contribution in [0.4, 0.5) is 5.69 Å². The average Bonchev–Trinajstić information content (AvgIpc) is 2.29. The molecule has 1 aromatic carbocycles. The highest BCUT2D eigenvalue weighted by Crippen LogP contribution is 2.18. The van der Waals surface area contributed by atoms with Crippen LogP contribution in [0.25, 0.3) is 0 Å². The lowest BCUT2D eigenvalue weighted by molar-refractivity contribution is -0.384. The molecule has 1 N–H and O–H groups in total. The zero-order valence-corrected chi connectivity index (χ0v) is 9.77. The highest BCUT2D eigenvalue weighted by atomic mass is 16.6. The Morgan fingerprint density at radius 3 is 2.50 bits per heavy atom. The van der Waals surface area contributed by atoms with Crippen LogP contribution in [0.2, 0.25) is 0 Å². The van der Waals surface area contributed by atoms with Crippen molar-refractivity contribution >= 4 is 5.69 Å². The maximum absolute atomic E-state index is 10.5. The van der Waals surface area contributed by atoms with E-state index >= 15 is 0 Å². The van der Waals surface area contributed by atoms with Gasteiger partial charge in [-0.3, -0.25) is 10.1 Å². The first kappa shape index (κ1) is 12.6. The molecule has 0 aliphatic carbocycles. The van der Waals surface area contributed by atoms with Crippen LogP contribution in [0.5, 0.6) is 0 Å². The molecule has 0 unspecified atom stereocenters. The topological polar surface area (TPSA) is 55.2 Å². The molecule has 0 fully saturated rings. The third kappa shape index (κ3) is 3.62. The van der Waals surface area contributed by atoms with Crippen LogP contribution >= 0.6 is 0 Å². The van der Waals surface area contributed by atoms with Gasteiger partial charge in [0.25, 0.3) is 5.69 Å². The van der Waals surface area contributed by atoms with Crippen molar-refractivity contribution in [2.24, 2.45) is 0 Å². The third-order valence-electron chi connectivity index (χ3n) is 2.55. The molecule has 0 radical (unpaired) electrons. The Bertz CT molecular complexity index is 335. The maximum Gasteiger partial charge on any atom is 0.269 e. The minimum Gasteiger partial charge on any atom is -0.316 e. The van der Waals surface area contributed by atoms with E-state index in [2.05, 4.69) is 19.2 Å². The molecule has 4 nitrogen and oxygen atoms in total. The Kier molecular flexibility index (Phi) is 4.92. The van der Waals surface area contributed by atoms with Crippen LogP contribution in [0.15, 0.2) is 24.3 Å². The number of nitrogens with zero attached hydrogens (tertiary/aromatic N) is 1. The van der Waals surface area contributed by atoms with E-state index in [0.717, 1.165) is 25.1 Å². The smallest absolute Gasteiger partial charge is 0.269 e. The molecule has 0 aliphatic heterocycles. The summed E-state index contributed by atoms with van der Waals surface area (Å²) in [5.41, 5.74) is 1.28. The van der Waals surface area contributed by atoms with Gasteiger partial charge in [0, 0.05) is 18.7 Å². The number of hydrogen-bond acceptors (Lipinski definition) is 3. The molecule has 0 spiro atoms. The molecule has 0 aromatic heterocycles. The van der Waals surface area contributed by atoms with E-state index in [0.29, 0.717) is 5.92 Å². The molecule has 1 atom stereocenters. The molecular formula is C12H18N2O2. The second kappa shape index (κ2) is 6.23. The molecule has 0 saturated carbocycles. The fraction of sp³-hybridized carbons (Fsp3) is 0.500. The lowest BCUT2D eigenvalue weighted by Gasteiger charge is -2.12. The first-order valence-corrected chi connectivity index (χ1v) is 5.60. The number of nitro groups is 1. The third-order valence-corrected chi connectivity index (χ3v) is 2.55. The lowest BCUT2D eigenvalue weighted by atomic mass is 10.0. The molecule has 16 heavy (non-hydrogen) atoms. The van der Waals surface area contributed by atoms with Crippen LogP contribution in [0, 0.1) is 10.1 Å². The summed E-state index contributed by atoms with van der Waals surface area (Å²) >= 11 is 0. The average molecular weight is 222 g/mol. The number of benzene rings is 1. The van der Waals surface area contributed by atoms with Gasteiger partial charge in [0.15, 0.2) is 0 Å². The lowest BCUT2D eigenvalue weighted by Crippen LogP contribution is -2.20. The fourth-order valence-electron chi connectivity index (χ4n) is 1.54. The molecule has 88 valence electrons. The summed E-state index contributed by atoms with van der Waals surface area (Å²) in [5, 5.41) is 13.8. The molecular weight excluding hydrogens is 204 g/mol. The molecule has 0 heterocycles. The zero-order chi connectivity index (χ0) is 12.0. The van der Waals surface area contributed by atoms with Gasteiger partial charge in [-0.2, -0.15) is 0 Å². The standard InChI is InChI=1S/C12H18N2O2/c1-3-8-13-9-10(2)11-4-6-12(7-5-11)14(15)16/h4-7,10,13H,3,8-9H2,1-2H3/t10-/m1/s1. The molecule has 0 aliphatic rings. The van der Waals surface area contributed by atoms with Crippen molar-refractivity contribution in [1.29, 1.82) is 0 Å². The molecule has 0 bridgehead atoms. The van der Waals surface area contributed by atoms with E-state index in [9.17, 15) is 10.1 Å². The van der Waals surface area contributed by atoms with Crippen LogP contribution in [-0.2, 0) is 0 Å². The summed E-state index contributed by atoms with van der Waals surface area (Å²) in [6.07, 6.45) is 1.12. The van der Waals surface area contributed by atoms with Gasteiger partial charge in [-0.25, -0.2) is 0 Å². The predicted molar refractivity (Wildman–Crippen MR) is 64.7 cm³/mol. The molecule has 0 saturated heterocycles. The van der Waals surface area contributed by atoms with Crippen LogP contribution in [0.3, 0.4) is 0 Å². The van der Waals surface area contributed by atoms with Crippen molar-refractivity contribution in [3.63, 3.8) is 0 Å².